The molecule has 90 valence electrons. The molecule has 1 saturated heterocycles. The average molecular weight is 229 g/mol. The van der Waals surface area contributed by atoms with Crippen molar-refractivity contribution in [1.82, 2.24) is 15.5 Å². The Kier molecular flexibility index (Phi) is 2.63. The highest BCUT2D eigenvalue weighted by molar-refractivity contribution is 5.79. The molecule has 0 saturated carbocycles. The Bertz CT molecular complexity index is 529. The number of benzene rings is 1. The topological polar surface area (TPSA) is 40.7 Å². The highest BCUT2D eigenvalue weighted by Crippen LogP contribution is 2.32. The minimum absolute atomic E-state index is 0.636. The fourth-order valence-electron chi connectivity index (χ4n) is 2.93. The van der Waals surface area contributed by atoms with Gasteiger partial charge in [-0.25, -0.2) is 0 Å². The third kappa shape index (κ3) is 1.84. The number of hydrogen-bond acceptors (Lipinski definition) is 2. The number of nitrogens with one attached hydrogen (secondary N) is 2. The summed E-state index contributed by atoms with van der Waals surface area (Å²) >= 11 is 0. The number of nitrogens with zero attached hydrogens (tertiary/aromatic N) is 1. The Balaban J connectivity index is 2.05. The second-order valence-electron chi connectivity index (χ2n) is 5.24. The molecule has 1 unspecified atom stereocenters. The van der Waals surface area contributed by atoms with E-state index in [2.05, 4.69) is 41.5 Å². The van der Waals surface area contributed by atoms with E-state index in [-0.39, 0.29) is 0 Å². The molecule has 2 heterocycles. The van der Waals surface area contributed by atoms with Crippen LogP contribution in [0.3, 0.4) is 0 Å². The maximum absolute atomic E-state index is 4.11. The van der Waals surface area contributed by atoms with Crippen LogP contribution in [0, 0.1) is 12.8 Å². The lowest BCUT2D eigenvalue weighted by Gasteiger charge is -2.31. The zero-order valence-corrected chi connectivity index (χ0v) is 10.5. The van der Waals surface area contributed by atoms with Gasteiger partial charge in [0.2, 0.25) is 0 Å². The lowest BCUT2D eigenvalue weighted by molar-refractivity contribution is 0.347. The van der Waals surface area contributed by atoms with Crippen molar-refractivity contribution in [1.29, 1.82) is 0 Å². The van der Waals surface area contributed by atoms with Crippen molar-refractivity contribution in [3.05, 3.63) is 29.5 Å². The molecule has 3 heteroatoms. The van der Waals surface area contributed by atoms with E-state index in [1.807, 2.05) is 6.20 Å². The molecule has 0 aliphatic carbocycles. The van der Waals surface area contributed by atoms with Gasteiger partial charge in [0.25, 0.3) is 0 Å². The van der Waals surface area contributed by atoms with Gasteiger partial charge in [-0.2, -0.15) is 5.10 Å². The molecule has 0 spiro atoms. The van der Waals surface area contributed by atoms with Crippen molar-refractivity contribution in [2.45, 2.75) is 26.2 Å². The summed E-state index contributed by atoms with van der Waals surface area (Å²) in [4.78, 5) is 0. The Morgan fingerprint density at radius 2 is 2.24 bits per heavy atom. The van der Waals surface area contributed by atoms with Crippen molar-refractivity contribution in [2.24, 2.45) is 5.92 Å². The Labute approximate surface area is 102 Å². The van der Waals surface area contributed by atoms with E-state index in [1.165, 1.54) is 22.9 Å². The molecule has 17 heavy (non-hydrogen) atoms. The first-order chi connectivity index (χ1) is 8.25. The fourth-order valence-corrected chi connectivity index (χ4v) is 2.93. The summed E-state index contributed by atoms with van der Waals surface area (Å²) in [6.07, 6.45) is 3.17. The lowest BCUT2D eigenvalue weighted by Crippen LogP contribution is -2.34. The maximum Gasteiger partial charge on any atom is 0.0653 e. The minimum atomic E-state index is 0.636. The number of rotatable bonds is 1. The van der Waals surface area contributed by atoms with E-state index in [1.54, 1.807) is 0 Å². The molecule has 0 radical (unpaired) electrons. The van der Waals surface area contributed by atoms with Gasteiger partial charge in [0, 0.05) is 11.9 Å². The molecule has 1 fully saturated rings. The van der Waals surface area contributed by atoms with Crippen LogP contribution in [-0.2, 0) is 0 Å². The highest BCUT2D eigenvalue weighted by Gasteiger charge is 2.24. The molecule has 1 aromatic heterocycles. The summed E-state index contributed by atoms with van der Waals surface area (Å²) in [5.74, 6) is 1.40. The Hall–Kier alpha value is -1.35. The van der Waals surface area contributed by atoms with Crippen LogP contribution >= 0.6 is 0 Å². The number of fused-ring (bicyclic) bond motifs is 1. The third-order valence-corrected chi connectivity index (χ3v) is 4.05. The van der Waals surface area contributed by atoms with E-state index in [0.717, 1.165) is 24.5 Å². The first kappa shape index (κ1) is 10.8. The van der Waals surface area contributed by atoms with Gasteiger partial charge in [0.1, 0.15) is 0 Å². The molecule has 2 aromatic rings. The van der Waals surface area contributed by atoms with Gasteiger partial charge in [0.15, 0.2) is 0 Å². The summed E-state index contributed by atoms with van der Waals surface area (Å²) < 4.78 is 0. The minimum Gasteiger partial charge on any atom is -0.316 e. The van der Waals surface area contributed by atoms with Crippen molar-refractivity contribution in [3.63, 3.8) is 0 Å². The van der Waals surface area contributed by atoms with Crippen LogP contribution in [0.5, 0.6) is 0 Å². The fraction of sp³-hybridized carbons (Fsp3) is 0.500. The molecule has 2 atom stereocenters. The van der Waals surface area contributed by atoms with Crippen LogP contribution in [0.1, 0.15) is 30.4 Å². The maximum atomic E-state index is 4.11. The smallest absolute Gasteiger partial charge is 0.0653 e. The monoisotopic (exact) mass is 229 g/mol. The second kappa shape index (κ2) is 4.15. The van der Waals surface area contributed by atoms with E-state index in [9.17, 15) is 0 Å². The lowest BCUT2D eigenvalue weighted by atomic mass is 9.81. The van der Waals surface area contributed by atoms with Crippen molar-refractivity contribution in [3.8, 4) is 0 Å². The van der Waals surface area contributed by atoms with Crippen molar-refractivity contribution >= 4 is 10.9 Å². The number of aromatic nitrogens is 2. The summed E-state index contributed by atoms with van der Waals surface area (Å²) in [6, 6.07) is 4.53. The molecule has 0 amide bonds. The largest absolute Gasteiger partial charge is 0.316 e. The van der Waals surface area contributed by atoms with Gasteiger partial charge in [-0.1, -0.05) is 6.92 Å². The predicted octanol–water partition coefficient (Wildman–Crippen LogP) is 2.58. The number of hydrogen-bond donors (Lipinski definition) is 2. The van der Waals surface area contributed by atoms with E-state index >= 15 is 0 Å². The SMILES string of the molecule is Cc1cc2cn[nH]c2cc1C1CNCC[C@@H]1C. The number of piperidine rings is 1. The predicted molar refractivity (Wildman–Crippen MR) is 70.2 cm³/mol. The molecule has 1 aromatic carbocycles. The standard InChI is InChI=1S/C14H19N3/c1-9-3-4-15-8-13(9)12-6-14-11(5-10(12)2)7-16-17-14/h5-7,9,13,15H,3-4,8H2,1-2H3,(H,16,17)/t9-,13?/m0/s1. The zero-order chi connectivity index (χ0) is 11.8. The van der Waals surface area contributed by atoms with Crippen LogP contribution in [0.15, 0.2) is 18.3 Å². The molecule has 3 rings (SSSR count). The third-order valence-electron chi connectivity index (χ3n) is 4.05. The Morgan fingerprint density at radius 1 is 1.35 bits per heavy atom. The summed E-state index contributed by atoms with van der Waals surface area (Å²) in [5, 5.41) is 11.9. The Morgan fingerprint density at radius 3 is 3.06 bits per heavy atom. The summed E-state index contributed by atoms with van der Waals surface area (Å²) in [6.45, 7) is 6.83. The second-order valence-corrected chi connectivity index (χ2v) is 5.24. The van der Waals surface area contributed by atoms with Crippen molar-refractivity contribution in [2.75, 3.05) is 13.1 Å². The average Bonchev–Trinajstić information content (AvgIpc) is 2.76. The summed E-state index contributed by atoms with van der Waals surface area (Å²) in [7, 11) is 0. The van der Waals surface area contributed by atoms with Crippen LogP contribution in [0.2, 0.25) is 0 Å². The molecular weight excluding hydrogens is 210 g/mol. The molecule has 0 bridgehead atoms. The van der Waals surface area contributed by atoms with Crippen LogP contribution in [0.25, 0.3) is 10.9 Å². The van der Waals surface area contributed by atoms with E-state index in [0.29, 0.717) is 5.92 Å². The van der Waals surface area contributed by atoms with E-state index in [4.69, 9.17) is 0 Å². The van der Waals surface area contributed by atoms with Gasteiger partial charge in [-0.3, -0.25) is 5.10 Å². The van der Waals surface area contributed by atoms with Crippen LogP contribution in [-0.4, -0.2) is 23.3 Å². The van der Waals surface area contributed by atoms with Gasteiger partial charge >= 0.3 is 0 Å². The first-order valence-electron chi connectivity index (χ1n) is 6.40. The van der Waals surface area contributed by atoms with Crippen LogP contribution < -0.4 is 5.32 Å². The molecule has 2 N–H and O–H groups in total. The zero-order valence-electron chi connectivity index (χ0n) is 10.5. The highest BCUT2D eigenvalue weighted by atomic mass is 15.1. The molecular formula is C14H19N3. The van der Waals surface area contributed by atoms with Crippen molar-refractivity contribution < 1.29 is 0 Å². The number of aromatic amines is 1. The number of aryl methyl sites for hydroxylation is 1. The van der Waals surface area contributed by atoms with Gasteiger partial charge < -0.3 is 5.32 Å². The summed E-state index contributed by atoms with van der Waals surface area (Å²) in [5.41, 5.74) is 4.02. The van der Waals surface area contributed by atoms with Crippen LogP contribution in [0.4, 0.5) is 0 Å². The van der Waals surface area contributed by atoms with Gasteiger partial charge in [0.05, 0.1) is 11.7 Å². The van der Waals surface area contributed by atoms with Gasteiger partial charge in [-0.05, 0) is 55.0 Å². The molecule has 1 aliphatic rings. The molecule has 1 aliphatic heterocycles. The van der Waals surface area contributed by atoms with Gasteiger partial charge in [-0.15, -0.1) is 0 Å². The molecule has 3 nitrogen and oxygen atoms in total. The van der Waals surface area contributed by atoms with E-state index < -0.39 is 0 Å². The number of H-pyrrole nitrogens is 1. The normalized spacial score (nSPS) is 25.3. The first-order valence-corrected chi connectivity index (χ1v) is 6.40. The quantitative estimate of drug-likeness (QED) is 0.789.